The Labute approximate surface area is 148 Å². The fourth-order valence-electron chi connectivity index (χ4n) is 4.21. The van der Waals surface area contributed by atoms with Crippen molar-refractivity contribution < 1.29 is 25.1 Å². The molecule has 1 aliphatic heterocycles. The largest absolute Gasteiger partial charge is 0.507 e. The molecule has 3 atom stereocenters. The molecule has 1 aliphatic carbocycles. The molecule has 138 valence electrons. The third kappa shape index (κ3) is 3.62. The van der Waals surface area contributed by atoms with E-state index in [1.807, 2.05) is 12.1 Å². The molecule has 5 heteroatoms. The Morgan fingerprint density at radius 3 is 2.80 bits per heavy atom. The molecule has 5 nitrogen and oxygen atoms in total. The number of aliphatic hydroxyl groups is 1. The summed E-state index contributed by atoms with van der Waals surface area (Å²) >= 11 is 0. The summed E-state index contributed by atoms with van der Waals surface area (Å²) in [4.78, 5) is 4.48. The Balaban J connectivity index is 1.95. The van der Waals surface area contributed by atoms with Gasteiger partial charge in [0.15, 0.2) is 0 Å². The van der Waals surface area contributed by atoms with Gasteiger partial charge in [-0.15, -0.1) is 0 Å². The normalized spacial score (nSPS) is 25.2. The zero-order chi connectivity index (χ0) is 18.2. The van der Waals surface area contributed by atoms with Crippen LogP contribution in [0.25, 0.3) is 0 Å². The van der Waals surface area contributed by atoms with Crippen molar-refractivity contribution in [2.45, 2.75) is 70.5 Å². The maximum atomic E-state index is 10.7. The summed E-state index contributed by atoms with van der Waals surface area (Å²) in [7, 11) is 0. The van der Waals surface area contributed by atoms with Crippen LogP contribution in [0.4, 0.5) is 0 Å². The first-order chi connectivity index (χ1) is 11.8. The van der Waals surface area contributed by atoms with Gasteiger partial charge >= 0.3 is 0 Å². The van der Waals surface area contributed by atoms with E-state index in [-0.39, 0.29) is 29.3 Å². The zero-order valence-corrected chi connectivity index (χ0v) is 15.2. The lowest BCUT2D eigenvalue weighted by molar-refractivity contribution is -0.208. The van der Waals surface area contributed by atoms with Gasteiger partial charge in [-0.05, 0) is 70.2 Å². The predicted molar refractivity (Wildman–Crippen MR) is 94.7 cm³/mol. The van der Waals surface area contributed by atoms with Crippen LogP contribution in [0.2, 0.25) is 0 Å². The lowest BCUT2D eigenvalue weighted by Crippen LogP contribution is -2.45. The van der Waals surface area contributed by atoms with Gasteiger partial charge in [-0.2, -0.15) is 0 Å². The highest BCUT2D eigenvalue weighted by Gasteiger charge is 2.46. The van der Waals surface area contributed by atoms with E-state index in [0.29, 0.717) is 17.9 Å². The van der Waals surface area contributed by atoms with Crippen molar-refractivity contribution in [3.63, 3.8) is 0 Å². The first-order valence-electron chi connectivity index (χ1n) is 9.07. The number of fused-ring (bicyclic) bond motifs is 3. The highest BCUT2D eigenvalue weighted by Crippen LogP contribution is 2.53. The van der Waals surface area contributed by atoms with Crippen molar-refractivity contribution in [2.24, 2.45) is 5.92 Å². The van der Waals surface area contributed by atoms with E-state index in [4.69, 9.17) is 9.99 Å². The zero-order valence-electron chi connectivity index (χ0n) is 15.2. The molecule has 0 radical (unpaired) electrons. The molecule has 3 unspecified atom stereocenters. The summed E-state index contributed by atoms with van der Waals surface area (Å²) < 4.78 is 6.26. The van der Waals surface area contributed by atoms with E-state index < -0.39 is 0 Å². The predicted octanol–water partition coefficient (Wildman–Crippen LogP) is 4.13. The standard InChI is InChI=1S/C20H28O5/c1-12(21)5-4-6-13-9-17(22)19-15-11-14(25-23)7-8-16(15)20(2,3)24-18(19)10-13/h9-12,15-16,21-23H,4-8H2,1-3H3. The molecule has 3 rings (SSSR count). The number of hydrogen-bond acceptors (Lipinski definition) is 5. The minimum absolute atomic E-state index is 0.0406. The number of allylic oxidation sites excluding steroid dienone is 2. The first-order valence-corrected chi connectivity index (χ1v) is 9.07. The Bertz CT molecular complexity index is 662. The molecule has 0 saturated carbocycles. The van der Waals surface area contributed by atoms with Crippen molar-refractivity contribution in [1.29, 1.82) is 0 Å². The van der Waals surface area contributed by atoms with E-state index in [2.05, 4.69) is 18.7 Å². The highest BCUT2D eigenvalue weighted by atomic mass is 17.1. The summed E-state index contributed by atoms with van der Waals surface area (Å²) in [5, 5.41) is 29.1. The molecule has 25 heavy (non-hydrogen) atoms. The maximum absolute atomic E-state index is 10.7. The monoisotopic (exact) mass is 348 g/mol. The van der Waals surface area contributed by atoms with Crippen molar-refractivity contribution in [2.75, 3.05) is 0 Å². The van der Waals surface area contributed by atoms with Gasteiger partial charge in [-0.3, -0.25) is 0 Å². The fraction of sp³-hybridized carbons (Fsp3) is 0.600. The summed E-state index contributed by atoms with van der Waals surface area (Å²) in [6, 6.07) is 3.79. The smallest absolute Gasteiger partial charge is 0.138 e. The first kappa shape index (κ1) is 18.1. The Morgan fingerprint density at radius 2 is 2.12 bits per heavy atom. The van der Waals surface area contributed by atoms with Gasteiger partial charge in [0.05, 0.1) is 6.10 Å². The molecule has 3 N–H and O–H groups in total. The van der Waals surface area contributed by atoms with Crippen LogP contribution in [-0.2, 0) is 11.3 Å². The molecule has 1 heterocycles. The molecule has 0 amide bonds. The van der Waals surface area contributed by atoms with Crippen LogP contribution >= 0.6 is 0 Å². The molecule has 1 aromatic rings. The molecular formula is C20H28O5. The van der Waals surface area contributed by atoms with Crippen LogP contribution in [0.15, 0.2) is 24.0 Å². The van der Waals surface area contributed by atoms with Gasteiger partial charge in [-0.25, -0.2) is 5.26 Å². The average Bonchev–Trinajstić information content (AvgIpc) is 2.53. The summed E-state index contributed by atoms with van der Waals surface area (Å²) in [6.07, 6.45) is 5.46. The van der Waals surface area contributed by atoms with Crippen molar-refractivity contribution in [3.8, 4) is 11.5 Å². The second-order valence-corrected chi connectivity index (χ2v) is 7.87. The van der Waals surface area contributed by atoms with Crippen LogP contribution in [0.3, 0.4) is 0 Å². The molecule has 0 spiro atoms. The number of hydrogen-bond donors (Lipinski definition) is 3. The number of phenolic OH excluding ortho intramolecular Hbond substituents is 1. The van der Waals surface area contributed by atoms with Crippen molar-refractivity contribution >= 4 is 0 Å². The van der Waals surface area contributed by atoms with Gasteiger partial charge in [0, 0.05) is 23.8 Å². The fourth-order valence-corrected chi connectivity index (χ4v) is 4.21. The van der Waals surface area contributed by atoms with Gasteiger partial charge < -0.3 is 19.8 Å². The Kier molecular flexibility index (Phi) is 4.98. The molecule has 0 fully saturated rings. The Morgan fingerprint density at radius 1 is 1.36 bits per heavy atom. The summed E-state index contributed by atoms with van der Waals surface area (Å²) in [5.74, 6) is 1.65. The number of aryl methyl sites for hydroxylation is 1. The van der Waals surface area contributed by atoms with E-state index in [1.54, 1.807) is 13.0 Å². The van der Waals surface area contributed by atoms with Crippen LogP contribution in [0, 0.1) is 5.92 Å². The molecule has 0 saturated heterocycles. The van der Waals surface area contributed by atoms with E-state index in [9.17, 15) is 10.2 Å². The molecular weight excluding hydrogens is 320 g/mol. The lowest BCUT2D eigenvalue weighted by Gasteiger charge is -2.46. The topological polar surface area (TPSA) is 79.2 Å². The number of aromatic hydroxyl groups is 1. The van der Waals surface area contributed by atoms with Gasteiger partial charge in [0.25, 0.3) is 0 Å². The molecule has 1 aromatic carbocycles. The van der Waals surface area contributed by atoms with Crippen LogP contribution < -0.4 is 4.74 Å². The number of benzene rings is 1. The second kappa shape index (κ2) is 6.89. The van der Waals surface area contributed by atoms with E-state index >= 15 is 0 Å². The summed E-state index contributed by atoms with van der Waals surface area (Å²) in [5.41, 5.74) is 1.42. The minimum Gasteiger partial charge on any atom is -0.507 e. The van der Waals surface area contributed by atoms with Gasteiger partial charge in [-0.1, -0.05) is 0 Å². The molecule has 0 bridgehead atoms. The third-order valence-corrected chi connectivity index (χ3v) is 5.48. The second-order valence-electron chi connectivity index (χ2n) is 7.87. The molecule has 2 aliphatic rings. The van der Waals surface area contributed by atoms with Crippen molar-refractivity contribution in [3.05, 3.63) is 35.1 Å². The number of ether oxygens (including phenoxy) is 1. The average molecular weight is 348 g/mol. The number of phenols is 1. The van der Waals surface area contributed by atoms with Crippen LogP contribution in [0.1, 0.15) is 63.5 Å². The SMILES string of the molecule is CC(O)CCCc1cc(O)c2c(c1)OC(C)(C)C1CCC(OO)=CC21. The van der Waals surface area contributed by atoms with Gasteiger partial charge in [0.2, 0.25) is 0 Å². The maximum Gasteiger partial charge on any atom is 0.138 e. The Hall–Kier alpha value is -1.72. The van der Waals surface area contributed by atoms with E-state index in [1.165, 1.54) is 0 Å². The van der Waals surface area contributed by atoms with Crippen molar-refractivity contribution in [1.82, 2.24) is 0 Å². The quantitative estimate of drug-likeness (QED) is 0.551. The van der Waals surface area contributed by atoms with Crippen LogP contribution in [-0.4, -0.2) is 27.2 Å². The van der Waals surface area contributed by atoms with Gasteiger partial charge in [0.1, 0.15) is 22.9 Å². The lowest BCUT2D eigenvalue weighted by atomic mass is 9.69. The highest BCUT2D eigenvalue weighted by molar-refractivity contribution is 5.53. The third-order valence-electron chi connectivity index (χ3n) is 5.48. The van der Waals surface area contributed by atoms with E-state index in [0.717, 1.165) is 36.8 Å². The minimum atomic E-state index is -0.361. The summed E-state index contributed by atoms with van der Waals surface area (Å²) in [6.45, 7) is 5.93. The molecule has 0 aromatic heterocycles. The number of rotatable bonds is 5. The van der Waals surface area contributed by atoms with Crippen LogP contribution in [0.5, 0.6) is 11.5 Å². The number of aliphatic hydroxyl groups excluding tert-OH is 1.